The van der Waals surface area contributed by atoms with Gasteiger partial charge < -0.3 is 13.9 Å². The molecule has 1 aromatic heterocycles. The highest BCUT2D eigenvalue weighted by atomic mass is 16.5. The van der Waals surface area contributed by atoms with Gasteiger partial charge in [0.15, 0.2) is 0 Å². The van der Waals surface area contributed by atoms with E-state index in [9.17, 15) is 9.59 Å². The Morgan fingerprint density at radius 3 is 2.45 bits per heavy atom. The van der Waals surface area contributed by atoms with E-state index in [-0.39, 0.29) is 17.9 Å². The second-order valence-corrected chi connectivity index (χ2v) is 3.93. The van der Waals surface area contributed by atoms with Crippen molar-refractivity contribution in [1.29, 1.82) is 0 Å². The van der Waals surface area contributed by atoms with Crippen LogP contribution in [-0.4, -0.2) is 25.7 Å². The first-order valence-corrected chi connectivity index (χ1v) is 6.12. The third-order valence-electron chi connectivity index (χ3n) is 2.65. The van der Waals surface area contributed by atoms with Gasteiger partial charge in [-0.3, -0.25) is 0 Å². The van der Waals surface area contributed by atoms with Crippen LogP contribution in [0.25, 0.3) is 11.3 Å². The normalized spacial score (nSPS) is 10.1. The summed E-state index contributed by atoms with van der Waals surface area (Å²) in [5.74, 6) is -0.915. The number of methoxy groups -OCH3 is 1. The summed E-state index contributed by atoms with van der Waals surface area (Å²) >= 11 is 0. The van der Waals surface area contributed by atoms with Gasteiger partial charge in [-0.2, -0.15) is 0 Å². The van der Waals surface area contributed by atoms with Crippen molar-refractivity contribution in [2.45, 2.75) is 6.92 Å². The van der Waals surface area contributed by atoms with Crippen molar-refractivity contribution in [1.82, 2.24) is 0 Å². The minimum Gasteiger partial charge on any atom is -0.463 e. The average molecular weight is 274 g/mol. The molecule has 0 fully saturated rings. The Morgan fingerprint density at radius 1 is 1.15 bits per heavy atom. The van der Waals surface area contributed by atoms with Crippen LogP contribution in [-0.2, 0) is 9.47 Å². The van der Waals surface area contributed by atoms with Gasteiger partial charge in [0.1, 0.15) is 11.3 Å². The van der Waals surface area contributed by atoms with Crippen LogP contribution in [0.15, 0.2) is 40.8 Å². The zero-order chi connectivity index (χ0) is 14.5. The van der Waals surface area contributed by atoms with E-state index in [4.69, 9.17) is 9.15 Å². The Kier molecular flexibility index (Phi) is 4.20. The third kappa shape index (κ3) is 2.71. The highest BCUT2D eigenvalue weighted by Gasteiger charge is 2.23. The minimum atomic E-state index is -0.641. The SMILES string of the molecule is CCOC(=O)c1cc(C(=O)OC)oc1-c1ccccc1. The van der Waals surface area contributed by atoms with Crippen molar-refractivity contribution in [2.75, 3.05) is 13.7 Å². The molecule has 0 amide bonds. The number of carbonyl (C=O) groups is 2. The van der Waals surface area contributed by atoms with Crippen molar-refractivity contribution in [2.24, 2.45) is 0 Å². The maximum absolute atomic E-state index is 11.9. The van der Waals surface area contributed by atoms with Gasteiger partial charge in [-0.25, -0.2) is 9.59 Å². The van der Waals surface area contributed by atoms with Gasteiger partial charge in [-0.05, 0) is 6.92 Å². The smallest absolute Gasteiger partial charge is 0.373 e. The molecule has 5 heteroatoms. The maximum Gasteiger partial charge on any atom is 0.373 e. The fourth-order valence-electron chi connectivity index (χ4n) is 1.76. The van der Waals surface area contributed by atoms with Crippen LogP contribution in [0.1, 0.15) is 27.8 Å². The van der Waals surface area contributed by atoms with E-state index in [1.807, 2.05) is 18.2 Å². The minimum absolute atomic E-state index is 0.0330. The predicted octanol–water partition coefficient (Wildman–Crippen LogP) is 2.91. The van der Waals surface area contributed by atoms with E-state index >= 15 is 0 Å². The summed E-state index contributed by atoms with van der Waals surface area (Å²) in [6.45, 7) is 1.95. The molecule has 2 aromatic rings. The van der Waals surface area contributed by atoms with E-state index in [2.05, 4.69) is 4.74 Å². The fraction of sp³-hybridized carbons (Fsp3) is 0.200. The summed E-state index contributed by atoms with van der Waals surface area (Å²) in [4.78, 5) is 23.5. The Balaban J connectivity index is 2.50. The van der Waals surface area contributed by atoms with Gasteiger partial charge >= 0.3 is 11.9 Å². The van der Waals surface area contributed by atoms with Crippen LogP contribution in [0.4, 0.5) is 0 Å². The molecule has 0 aliphatic rings. The lowest BCUT2D eigenvalue weighted by molar-refractivity contribution is 0.0525. The van der Waals surface area contributed by atoms with E-state index < -0.39 is 11.9 Å². The third-order valence-corrected chi connectivity index (χ3v) is 2.65. The lowest BCUT2D eigenvalue weighted by Gasteiger charge is -2.02. The summed E-state index contributed by atoms with van der Waals surface area (Å²) in [6, 6.07) is 10.4. The van der Waals surface area contributed by atoms with Crippen LogP contribution in [0, 0.1) is 0 Å². The van der Waals surface area contributed by atoms with Crippen molar-refractivity contribution >= 4 is 11.9 Å². The molecule has 0 unspecified atom stereocenters. The molecule has 0 spiro atoms. The molecule has 2 rings (SSSR count). The highest BCUT2D eigenvalue weighted by molar-refractivity contribution is 5.99. The Hall–Kier alpha value is -2.56. The van der Waals surface area contributed by atoms with E-state index in [0.717, 1.165) is 0 Å². The van der Waals surface area contributed by atoms with Crippen LogP contribution >= 0.6 is 0 Å². The average Bonchev–Trinajstić information content (AvgIpc) is 2.93. The largest absolute Gasteiger partial charge is 0.463 e. The van der Waals surface area contributed by atoms with Gasteiger partial charge in [0.2, 0.25) is 5.76 Å². The molecule has 1 heterocycles. The van der Waals surface area contributed by atoms with Crippen molar-refractivity contribution in [3.05, 3.63) is 47.7 Å². The standard InChI is InChI=1S/C15H14O5/c1-3-19-14(16)11-9-12(15(17)18-2)20-13(11)10-7-5-4-6-8-10/h4-9H,3H2,1-2H3. The number of benzene rings is 1. The molecule has 5 nitrogen and oxygen atoms in total. The number of ether oxygens (including phenoxy) is 2. The lowest BCUT2D eigenvalue weighted by Crippen LogP contribution is -2.05. The van der Waals surface area contributed by atoms with Gasteiger partial charge in [0.25, 0.3) is 0 Å². The van der Waals surface area contributed by atoms with Gasteiger partial charge in [-0.15, -0.1) is 0 Å². The first-order valence-electron chi connectivity index (χ1n) is 6.12. The molecule has 0 aliphatic carbocycles. The maximum atomic E-state index is 11.9. The molecule has 104 valence electrons. The van der Waals surface area contributed by atoms with E-state index in [1.54, 1.807) is 19.1 Å². The summed E-state index contributed by atoms with van der Waals surface area (Å²) < 4.78 is 15.0. The fourth-order valence-corrected chi connectivity index (χ4v) is 1.76. The van der Waals surface area contributed by atoms with Gasteiger partial charge in [-0.1, -0.05) is 30.3 Å². The summed E-state index contributed by atoms with van der Waals surface area (Å²) in [7, 11) is 1.25. The van der Waals surface area contributed by atoms with Crippen molar-refractivity contribution in [3.63, 3.8) is 0 Å². The number of esters is 2. The van der Waals surface area contributed by atoms with Gasteiger partial charge in [0.05, 0.1) is 13.7 Å². The lowest BCUT2D eigenvalue weighted by atomic mass is 10.1. The number of hydrogen-bond acceptors (Lipinski definition) is 5. The molecule has 0 saturated heterocycles. The number of carbonyl (C=O) groups excluding carboxylic acids is 2. The Bertz CT molecular complexity index is 612. The van der Waals surface area contributed by atoms with Crippen LogP contribution in [0.2, 0.25) is 0 Å². The molecule has 0 radical (unpaired) electrons. The first kappa shape index (κ1) is 13.9. The molecule has 0 bridgehead atoms. The van der Waals surface area contributed by atoms with Gasteiger partial charge in [0, 0.05) is 11.6 Å². The molecule has 0 atom stereocenters. The predicted molar refractivity (Wildman–Crippen MR) is 71.4 cm³/mol. The highest BCUT2D eigenvalue weighted by Crippen LogP contribution is 2.28. The monoisotopic (exact) mass is 274 g/mol. The molecule has 20 heavy (non-hydrogen) atoms. The molecular formula is C15H14O5. The molecular weight excluding hydrogens is 260 g/mol. The zero-order valence-corrected chi connectivity index (χ0v) is 11.2. The second-order valence-electron chi connectivity index (χ2n) is 3.93. The van der Waals surface area contributed by atoms with Crippen LogP contribution < -0.4 is 0 Å². The number of furan rings is 1. The number of hydrogen-bond donors (Lipinski definition) is 0. The quantitative estimate of drug-likeness (QED) is 0.802. The summed E-state index contributed by atoms with van der Waals surface area (Å²) in [5.41, 5.74) is 0.893. The zero-order valence-electron chi connectivity index (χ0n) is 11.2. The Morgan fingerprint density at radius 2 is 1.85 bits per heavy atom. The first-order chi connectivity index (χ1) is 9.67. The van der Waals surface area contributed by atoms with Crippen molar-refractivity contribution < 1.29 is 23.5 Å². The molecule has 1 aromatic carbocycles. The summed E-state index contributed by atoms with van der Waals surface area (Å²) in [5, 5.41) is 0. The summed E-state index contributed by atoms with van der Waals surface area (Å²) in [6.07, 6.45) is 0. The second kappa shape index (κ2) is 6.06. The molecule has 0 saturated carbocycles. The number of rotatable bonds is 4. The topological polar surface area (TPSA) is 65.7 Å². The molecule has 0 N–H and O–H groups in total. The van der Waals surface area contributed by atoms with E-state index in [1.165, 1.54) is 13.2 Å². The van der Waals surface area contributed by atoms with Crippen molar-refractivity contribution in [3.8, 4) is 11.3 Å². The van der Waals surface area contributed by atoms with Crippen LogP contribution in [0.3, 0.4) is 0 Å². The van der Waals surface area contributed by atoms with Crippen LogP contribution in [0.5, 0.6) is 0 Å². The van der Waals surface area contributed by atoms with E-state index in [0.29, 0.717) is 11.3 Å². The Labute approximate surface area is 116 Å². The molecule has 0 aliphatic heterocycles.